The van der Waals surface area contributed by atoms with Crippen molar-refractivity contribution in [1.29, 1.82) is 0 Å². The molecule has 0 aromatic carbocycles. The third kappa shape index (κ3) is 7.10. The molecule has 1 amide bonds. The molecule has 0 aromatic heterocycles. The van der Waals surface area contributed by atoms with Gasteiger partial charge in [-0.25, -0.2) is 0 Å². The van der Waals surface area contributed by atoms with Crippen LogP contribution in [0.4, 0.5) is 0 Å². The van der Waals surface area contributed by atoms with Gasteiger partial charge in [-0.15, -0.1) is 12.4 Å². The molecule has 0 spiro atoms. The van der Waals surface area contributed by atoms with E-state index in [4.69, 9.17) is 0 Å². The van der Waals surface area contributed by atoms with E-state index in [9.17, 15) is 9.59 Å². The van der Waals surface area contributed by atoms with Crippen LogP contribution in [0.3, 0.4) is 0 Å². The van der Waals surface area contributed by atoms with Crippen LogP contribution in [0.15, 0.2) is 0 Å². The predicted octanol–water partition coefficient (Wildman–Crippen LogP) is 1.50. The fraction of sp³-hybridized carbons (Fsp3) is 0.857. The first kappa shape index (κ1) is 19.2. The van der Waals surface area contributed by atoms with Crippen molar-refractivity contribution in [3.05, 3.63) is 0 Å². The van der Waals surface area contributed by atoms with E-state index in [0.29, 0.717) is 18.3 Å². The second kappa shape index (κ2) is 10.00. The number of nitrogens with one attached hydrogen (secondary N) is 2. The summed E-state index contributed by atoms with van der Waals surface area (Å²) in [6.07, 6.45) is 3.13. The Morgan fingerprint density at radius 3 is 2.60 bits per heavy atom. The van der Waals surface area contributed by atoms with Crippen molar-refractivity contribution in [2.24, 2.45) is 11.8 Å². The zero-order valence-corrected chi connectivity index (χ0v) is 13.4. The zero-order chi connectivity index (χ0) is 14.3. The number of hydrogen-bond donors (Lipinski definition) is 2. The molecule has 3 atom stereocenters. The molecule has 1 aliphatic rings. The Kier molecular flexibility index (Phi) is 9.59. The molecular formula is C14H27ClN2O3. The van der Waals surface area contributed by atoms with Gasteiger partial charge in [0.05, 0.1) is 13.5 Å². The third-order valence-corrected chi connectivity index (χ3v) is 3.76. The minimum Gasteiger partial charge on any atom is -0.469 e. The summed E-state index contributed by atoms with van der Waals surface area (Å²) in [5.74, 6) is 0.681. The standard InChI is InChI=1S/C14H26N2O3.ClH/c1-10(12-5-4-6-15-9-12)7-13(17)16-11(2)8-14(18)19-3;/h10-12,15H,4-9H2,1-3H3,(H,16,17);1H. The van der Waals surface area contributed by atoms with Crippen molar-refractivity contribution in [1.82, 2.24) is 10.6 Å². The van der Waals surface area contributed by atoms with Gasteiger partial charge in [0.1, 0.15) is 0 Å². The molecule has 1 rings (SSSR count). The highest BCUT2D eigenvalue weighted by molar-refractivity contribution is 5.85. The van der Waals surface area contributed by atoms with E-state index in [-0.39, 0.29) is 36.7 Å². The third-order valence-electron chi connectivity index (χ3n) is 3.76. The van der Waals surface area contributed by atoms with Crippen molar-refractivity contribution in [2.45, 2.75) is 45.6 Å². The van der Waals surface area contributed by atoms with E-state index < -0.39 is 0 Å². The van der Waals surface area contributed by atoms with Gasteiger partial charge in [-0.3, -0.25) is 9.59 Å². The Hall–Kier alpha value is -0.810. The summed E-state index contributed by atoms with van der Waals surface area (Å²) in [6, 6.07) is -0.170. The molecule has 0 bridgehead atoms. The number of rotatable bonds is 6. The molecule has 118 valence electrons. The van der Waals surface area contributed by atoms with Gasteiger partial charge in [0.2, 0.25) is 5.91 Å². The van der Waals surface area contributed by atoms with Crippen LogP contribution >= 0.6 is 12.4 Å². The monoisotopic (exact) mass is 306 g/mol. The summed E-state index contributed by atoms with van der Waals surface area (Å²) >= 11 is 0. The summed E-state index contributed by atoms with van der Waals surface area (Å²) < 4.78 is 4.58. The Balaban J connectivity index is 0.00000361. The van der Waals surface area contributed by atoms with E-state index >= 15 is 0 Å². The lowest BCUT2D eigenvalue weighted by atomic mass is 9.85. The summed E-state index contributed by atoms with van der Waals surface area (Å²) in [4.78, 5) is 23.0. The fourth-order valence-electron chi connectivity index (χ4n) is 2.54. The lowest BCUT2D eigenvalue weighted by molar-refractivity contribution is -0.141. The van der Waals surface area contributed by atoms with E-state index in [2.05, 4.69) is 22.3 Å². The van der Waals surface area contributed by atoms with Gasteiger partial charge < -0.3 is 15.4 Å². The molecule has 0 aliphatic carbocycles. The lowest BCUT2D eigenvalue weighted by Gasteiger charge is -2.28. The van der Waals surface area contributed by atoms with Gasteiger partial charge in [0, 0.05) is 12.5 Å². The van der Waals surface area contributed by atoms with Crippen LogP contribution in [-0.4, -0.2) is 38.1 Å². The second-order valence-corrected chi connectivity index (χ2v) is 5.54. The predicted molar refractivity (Wildman–Crippen MR) is 80.9 cm³/mol. The second-order valence-electron chi connectivity index (χ2n) is 5.54. The van der Waals surface area contributed by atoms with Crippen LogP contribution in [0, 0.1) is 11.8 Å². The quantitative estimate of drug-likeness (QED) is 0.730. The van der Waals surface area contributed by atoms with E-state index in [1.54, 1.807) is 0 Å². The van der Waals surface area contributed by atoms with Crippen molar-refractivity contribution < 1.29 is 14.3 Å². The highest BCUT2D eigenvalue weighted by Crippen LogP contribution is 2.22. The van der Waals surface area contributed by atoms with Gasteiger partial charge >= 0.3 is 5.97 Å². The molecule has 1 saturated heterocycles. The molecule has 1 aliphatic heterocycles. The van der Waals surface area contributed by atoms with Crippen LogP contribution in [0.5, 0.6) is 0 Å². The first-order valence-electron chi connectivity index (χ1n) is 7.09. The van der Waals surface area contributed by atoms with Crippen molar-refractivity contribution in [3.8, 4) is 0 Å². The summed E-state index contributed by atoms with van der Waals surface area (Å²) in [5.41, 5.74) is 0. The van der Waals surface area contributed by atoms with Crippen molar-refractivity contribution in [2.75, 3.05) is 20.2 Å². The molecule has 20 heavy (non-hydrogen) atoms. The van der Waals surface area contributed by atoms with Crippen LogP contribution in [0.25, 0.3) is 0 Å². The van der Waals surface area contributed by atoms with E-state index in [1.807, 2.05) is 6.92 Å². The number of methoxy groups -OCH3 is 1. The summed E-state index contributed by atoms with van der Waals surface area (Å²) in [6.45, 7) is 6.04. The van der Waals surface area contributed by atoms with Crippen molar-refractivity contribution >= 4 is 24.3 Å². The summed E-state index contributed by atoms with van der Waals surface area (Å²) in [7, 11) is 1.36. The lowest BCUT2D eigenvalue weighted by Crippen LogP contribution is -2.38. The SMILES string of the molecule is COC(=O)CC(C)NC(=O)CC(C)C1CCCNC1.Cl. The molecule has 2 N–H and O–H groups in total. The molecule has 5 nitrogen and oxygen atoms in total. The highest BCUT2D eigenvalue weighted by Gasteiger charge is 2.22. The number of amides is 1. The van der Waals surface area contributed by atoms with Gasteiger partial charge in [-0.05, 0) is 44.7 Å². The molecule has 0 saturated carbocycles. The number of carbonyl (C=O) groups excluding carboxylic acids is 2. The van der Waals surface area contributed by atoms with Crippen LogP contribution in [-0.2, 0) is 14.3 Å². The minimum atomic E-state index is -0.294. The molecule has 1 heterocycles. The highest BCUT2D eigenvalue weighted by atomic mass is 35.5. The Morgan fingerprint density at radius 1 is 1.35 bits per heavy atom. The number of piperidine rings is 1. The number of carbonyl (C=O) groups is 2. The molecule has 6 heteroatoms. The normalized spacial score (nSPS) is 21.2. The van der Waals surface area contributed by atoms with Crippen molar-refractivity contribution in [3.63, 3.8) is 0 Å². The Bertz CT molecular complexity index is 307. The largest absolute Gasteiger partial charge is 0.469 e. The van der Waals surface area contributed by atoms with Crippen LogP contribution in [0.2, 0.25) is 0 Å². The summed E-state index contributed by atoms with van der Waals surface area (Å²) in [5, 5.41) is 6.23. The Morgan fingerprint density at radius 2 is 2.05 bits per heavy atom. The maximum atomic E-state index is 11.9. The van der Waals surface area contributed by atoms with Crippen LogP contribution in [0.1, 0.15) is 39.5 Å². The molecule has 0 radical (unpaired) electrons. The Labute approximate surface area is 127 Å². The number of hydrogen-bond acceptors (Lipinski definition) is 4. The molecule has 1 fully saturated rings. The average Bonchev–Trinajstić information content (AvgIpc) is 2.39. The van der Waals surface area contributed by atoms with Gasteiger partial charge in [0.25, 0.3) is 0 Å². The van der Waals surface area contributed by atoms with Gasteiger partial charge in [0.15, 0.2) is 0 Å². The first-order chi connectivity index (χ1) is 9.02. The molecular weight excluding hydrogens is 280 g/mol. The number of esters is 1. The number of halogens is 1. The minimum absolute atomic E-state index is 0. The zero-order valence-electron chi connectivity index (χ0n) is 12.6. The average molecular weight is 307 g/mol. The maximum Gasteiger partial charge on any atom is 0.307 e. The maximum absolute atomic E-state index is 11.9. The molecule has 3 unspecified atom stereocenters. The van der Waals surface area contributed by atoms with Crippen LogP contribution < -0.4 is 10.6 Å². The van der Waals surface area contributed by atoms with E-state index in [1.165, 1.54) is 20.0 Å². The first-order valence-corrected chi connectivity index (χ1v) is 7.09. The van der Waals surface area contributed by atoms with Gasteiger partial charge in [-0.2, -0.15) is 0 Å². The fourth-order valence-corrected chi connectivity index (χ4v) is 2.54. The smallest absolute Gasteiger partial charge is 0.307 e. The van der Waals surface area contributed by atoms with E-state index in [0.717, 1.165) is 13.1 Å². The molecule has 0 aromatic rings. The number of ether oxygens (including phenoxy) is 1. The topological polar surface area (TPSA) is 67.4 Å². The van der Waals surface area contributed by atoms with Gasteiger partial charge in [-0.1, -0.05) is 6.92 Å².